The number of benzene rings is 2. The van der Waals surface area contributed by atoms with Crippen LogP contribution in [0.2, 0.25) is 0 Å². The van der Waals surface area contributed by atoms with Crippen LogP contribution in [0, 0.1) is 12.7 Å². The number of amides is 2. The van der Waals surface area contributed by atoms with E-state index in [1.165, 1.54) is 19.1 Å². The summed E-state index contributed by atoms with van der Waals surface area (Å²) in [6.45, 7) is 2.08. The number of nitrogens with zero attached hydrogens (tertiary/aromatic N) is 1. The van der Waals surface area contributed by atoms with Gasteiger partial charge in [0.15, 0.2) is 0 Å². The van der Waals surface area contributed by atoms with Crippen molar-refractivity contribution in [2.75, 3.05) is 26.2 Å². The summed E-state index contributed by atoms with van der Waals surface area (Å²) in [5.74, 6) is -2.18. The van der Waals surface area contributed by atoms with Crippen molar-refractivity contribution < 1.29 is 27.1 Å². The number of hydrogen-bond acceptors (Lipinski definition) is 5. The molecule has 0 spiro atoms. The fourth-order valence-corrected chi connectivity index (χ4v) is 4.97. The summed E-state index contributed by atoms with van der Waals surface area (Å²) in [6.07, 6.45) is 0.0820. The number of carbonyl (C=O) groups excluding carboxylic acids is 2. The normalized spacial score (nSPS) is 17.0. The van der Waals surface area contributed by atoms with E-state index in [1.807, 2.05) is 30.3 Å². The van der Waals surface area contributed by atoms with Gasteiger partial charge >= 0.3 is 11.8 Å². The highest BCUT2D eigenvalue weighted by Crippen LogP contribution is 2.23. The third-order valence-corrected chi connectivity index (χ3v) is 6.96. The molecule has 10 heteroatoms. The summed E-state index contributed by atoms with van der Waals surface area (Å²) in [7, 11) is -3.97. The molecular weight excluding hydrogens is 437 g/mol. The van der Waals surface area contributed by atoms with Crippen LogP contribution in [0.3, 0.4) is 0 Å². The highest BCUT2D eigenvalue weighted by molar-refractivity contribution is 7.89. The summed E-state index contributed by atoms with van der Waals surface area (Å²) in [5, 5.41) is 4.97. The monoisotopic (exact) mass is 463 g/mol. The molecule has 2 aromatic rings. The molecule has 8 nitrogen and oxygen atoms in total. The van der Waals surface area contributed by atoms with Gasteiger partial charge in [0.2, 0.25) is 10.0 Å². The fraction of sp³-hybridized carbons (Fsp3) is 0.364. The van der Waals surface area contributed by atoms with Gasteiger partial charge in [0.25, 0.3) is 0 Å². The Labute approximate surface area is 186 Å². The maximum absolute atomic E-state index is 13.6. The van der Waals surface area contributed by atoms with Crippen molar-refractivity contribution >= 4 is 21.8 Å². The first kappa shape index (κ1) is 23.8. The van der Waals surface area contributed by atoms with E-state index in [0.29, 0.717) is 26.0 Å². The minimum atomic E-state index is -3.97. The Balaban J connectivity index is 1.57. The van der Waals surface area contributed by atoms with Crippen LogP contribution in [0.15, 0.2) is 53.4 Å². The molecule has 1 fully saturated rings. The molecule has 1 saturated heterocycles. The number of aryl methyl sites for hydroxylation is 1. The van der Waals surface area contributed by atoms with Crippen molar-refractivity contribution in [2.24, 2.45) is 0 Å². The van der Waals surface area contributed by atoms with Crippen LogP contribution in [0.1, 0.15) is 17.5 Å². The molecule has 3 rings (SSSR count). The van der Waals surface area contributed by atoms with Gasteiger partial charge in [-0.3, -0.25) is 9.59 Å². The Morgan fingerprint density at radius 2 is 1.84 bits per heavy atom. The van der Waals surface area contributed by atoms with Gasteiger partial charge in [-0.05, 0) is 49.1 Å². The zero-order valence-corrected chi connectivity index (χ0v) is 18.5. The molecule has 32 heavy (non-hydrogen) atoms. The van der Waals surface area contributed by atoms with E-state index in [4.69, 9.17) is 4.74 Å². The van der Waals surface area contributed by atoms with Gasteiger partial charge < -0.3 is 15.4 Å². The van der Waals surface area contributed by atoms with Gasteiger partial charge in [-0.1, -0.05) is 30.3 Å². The number of halogens is 1. The number of carbonyl (C=O) groups is 2. The molecule has 2 amide bonds. The van der Waals surface area contributed by atoms with Crippen LogP contribution in [-0.2, 0) is 30.8 Å². The number of sulfonamides is 1. The highest BCUT2D eigenvalue weighted by atomic mass is 32.2. The summed E-state index contributed by atoms with van der Waals surface area (Å²) >= 11 is 0. The van der Waals surface area contributed by atoms with Gasteiger partial charge in [-0.15, -0.1) is 0 Å². The quantitative estimate of drug-likeness (QED) is 0.603. The first-order valence-electron chi connectivity index (χ1n) is 10.3. The topological polar surface area (TPSA) is 105 Å². The summed E-state index contributed by atoms with van der Waals surface area (Å²) < 4.78 is 46.3. The molecule has 0 aliphatic carbocycles. The Kier molecular flexibility index (Phi) is 7.94. The SMILES string of the molecule is Cc1cc(S(=O)(=O)N2CCCO[C@@H]2CNC(=O)C(=O)NCCc2ccccc2)ccc1F. The molecule has 1 aliphatic heterocycles. The van der Waals surface area contributed by atoms with E-state index >= 15 is 0 Å². The second-order valence-electron chi connectivity index (χ2n) is 7.41. The van der Waals surface area contributed by atoms with Crippen molar-refractivity contribution in [3.8, 4) is 0 Å². The summed E-state index contributed by atoms with van der Waals surface area (Å²) in [5.41, 5.74) is 1.24. The molecule has 172 valence electrons. The maximum atomic E-state index is 13.6. The first-order chi connectivity index (χ1) is 15.3. The zero-order valence-electron chi connectivity index (χ0n) is 17.7. The Morgan fingerprint density at radius 1 is 1.12 bits per heavy atom. The lowest BCUT2D eigenvalue weighted by Crippen LogP contribution is -2.53. The lowest BCUT2D eigenvalue weighted by Gasteiger charge is -2.34. The standard InChI is InChI=1S/C22H26FN3O5S/c1-16-14-18(8-9-19(16)23)32(29,30)26-12-5-13-31-20(26)15-25-22(28)21(27)24-11-10-17-6-3-2-4-7-17/h2-4,6-9,14,20H,5,10-13,15H2,1H3,(H,24,27)(H,25,28)/t20-/m1/s1. The van der Waals surface area contributed by atoms with Crippen LogP contribution < -0.4 is 10.6 Å². The summed E-state index contributed by atoms with van der Waals surface area (Å²) in [4.78, 5) is 24.1. The van der Waals surface area contributed by atoms with Crippen LogP contribution in [0.25, 0.3) is 0 Å². The second kappa shape index (κ2) is 10.7. The third-order valence-electron chi connectivity index (χ3n) is 5.08. The van der Waals surface area contributed by atoms with Crippen LogP contribution >= 0.6 is 0 Å². The maximum Gasteiger partial charge on any atom is 0.309 e. The van der Waals surface area contributed by atoms with E-state index in [0.717, 1.165) is 15.9 Å². The molecule has 0 bridgehead atoms. The van der Waals surface area contributed by atoms with Gasteiger partial charge in [-0.25, -0.2) is 12.8 Å². The van der Waals surface area contributed by atoms with Crippen molar-refractivity contribution in [1.29, 1.82) is 0 Å². The van der Waals surface area contributed by atoms with Crippen LogP contribution in [-0.4, -0.2) is 57.0 Å². The Morgan fingerprint density at radius 3 is 2.56 bits per heavy atom. The largest absolute Gasteiger partial charge is 0.360 e. The lowest BCUT2D eigenvalue weighted by molar-refractivity contribution is -0.140. The number of nitrogens with one attached hydrogen (secondary N) is 2. The Hall–Kier alpha value is -2.82. The third kappa shape index (κ3) is 5.90. The number of hydrogen-bond donors (Lipinski definition) is 2. The van der Waals surface area contributed by atoms with Gasteiger partial charge in [-0.2, -0.15) is 4.31 Å². The van der Waals surface area contributed by atoms with Gasteiger partial charge in [0.1, 0.15) is 12.0 Å². The molecule has 0 saturated carbocycles. The molecule has 0 radical (unpaired) electrons. The molecule has 2 N–H and O–H groups in total. The van der Waals surface area contributed by atoms with Crippen molar-refractivity contribution in [2.45, 2.75) is 30.9 Å². The van der Waals surface area contributed by atoms with E-state index in [1.54, 1.807) is 0 Å². The van der Waals surface area contributed by atoms with Crippen LogP contribution in [0.4, 0.5) is 4.39 Å². The minimum Gasteiger partial charge on any atom is -0.360 e. The Bertz CT molecular complexity index is 1060. The average Bonchev–Trinajstić information content (AvgIpc) is 2.80. The molecule has 1 aliphatic rings. The zero-order chi connectivity index (χ0) is 23.1. The van der Waals surface area contributed by atoms with Gasteiger partial charge in [0, 0.05) is 13.1 Å². The van der Waals surface area contributed by atoms with Crippen molar-refractivity contribution in [3.05, 3.63) is 65.5 Å². The average molecular weight is 464 g/mol. The second-order valence-corrected chi connectivity index (χ2v) is 9.30. The summed E-state index contributed by atoms with van der Waals surface area (Å²) in [6, 6.07) is 13.1. The minimum absolute atomic E-state index is 0.0584. The lowest BCUT2D eigenvalue weighted by atomic mass is 10.1. The predicted octanol–water partition coefficient (Wildman–Crippen LogP) is 1.35. The number of rotatable bonds is 7. The van der Waals surface area contributed by atoms with Crippen molar-refractivity contribution in [3.63, 3.8) is 0 Å². The molecule has 2 aromatic carbocycles. The van der Waals surface area contributed by atoms with E-state index in [-0.39, 0.29) is 23.5 Å². The van der Waals surface area contributed by atoms with Crippen LogP contribution in [0.5, 0.6) is 0 Å². The molecule has 1 heterocycles. The number of ether oxygens (including phenoxy) is 1. The molecule has 0 unspecified atom stereocenters. The van der Waals surface area contributed by atoms with Crippen molar-refractivity contribution in [1.82, 2.24) is 14.9 Å². The molecule has 1 atom stereocenters. The first-order valence-corrected chi connectivity index (χ1v) is 11.7. The van der Waals surface area contributed by atoms with E-state index in [2.05, 4.69) is 10.6 Å². The van der Waals surface area contributed by atoms with Gasteiger partial charge in [0.05, 0.1) is 18.0 Å². The molecule has 0 aromatic heterocycles. The highest BCUT2D eigenvalue weighted by Gasteiger charge is 2.35. The predicted molar refractivity (Wildman–Crippen MR) is 116 cm³/mol. The fourth-order valence-electron chi connectivity index (χ4n) is 3.32. The van der Waals surface area contributed by atoms with E-state index in [9.17, 15) is 22.4 Å². The van der Waals surface area contributed by atoms with E-state index < -0.39 is 33.9 Å². The smallest absolute Gasteiger partial charge is 0.309 e. The molecular formula is C22H26FN3O5S.